The van der Waals surface area contributed by atoms with Gasteiger partial charge in [-0.05, 0) is 61.7 Å². The molecular formula is C20H20ClNO3S2. The number of rotatable bonds is 7. The highest BCUT2D eigenvalue weighted by Crippen LogP contribution is 2.31. The van der Waals surface area contributed by atoms with E-state index in [1.165, 1.54) is 22.7 Å². The summed E-state index contributed by atoms with van der Waals surface area (Å²) < 4.78 is 5.79. The number of hydrogen-bond donors (Lipinski definition) is 2. The molecule has 4 nitrogen and oxygen atoms in total. The summed E-state index contributed by atoms with van der Waals surface area (Å²) in [6, 6.07) is 14.5. The Labute approximate surface area is 171 Å². The lowest BCUT2D eigenvalue weighted by atomic mass is 10.1. The molecule has 0 aliphatic heterocycles. The van der Waals surface area contributed by atoms with E-state index < -0.39 is 11.7 Å². The normalized spacial score (nSPS) is 12.6. The quantitative estimate of drug-likeness (QED) is 0.563. The molecular weight excluding hydrogens is 402 g/mol. The van der Waals surface area contributed by atoms with Gasteiger partial charge in [0.1, 0.15) is 11.9 Å². The highest BCUT2D eigenvalue weighted by Gasteiger charge is 2.29. The molecule has 0 aliphatic carbocycles. The van der Waals surface area contributed by atoms with Gasteiger partial charge < -0.3 is 15.2 Å². The maximum absolute atomic E-state index is 12.5. The van der Waals surface area contributed by atoms with Gasteiger partial charge in [-0.3, -0.25) is 4.79 Å². The molecule has 2 aromatic heterocycles. The second-order valence-corrected chi connectivity index (χ2v) is 9.09. The molecule has 0 aliphatic rings. The van der Waals surface area contributed by atoms with E-state index in [1.54, 1.807) is 38.1 Å². The van der Waals surface area contributed by atoms with Gasteiger partial charge in [-0.2, -0.15) is 0 Å². The molecule has 2 heterocycles. The lowest BCUT2D eigenvalue weighted by molar-refractivity contribution is -0.134. The van der Waals surface area contributed by atoms with Crippen LogP contribution >= 0.6 is 34.3 Å². The fraction of sp³-hybridized carbons (Fsp3) is 0.250. The number of carbonyl (C=O) groups excluding carboxylic acids is 1. The molecule has 0 bridgehead atoms. The number of amides is 1. The maximum atomic E-state index is 12.5. The lowest BCUT2D eigenvalue weighted by Gasteiger charge is -2.25. The summed E-state index contributed by atoms with van der Waals surface area (Å²) in [5.41, 5.74) is -1.02. The first-order chi connectivity index (χ1) is 12.8. The van der Waals surface area contributed by atoms with Crippen LogP contribution < -0.4 is 10.1 Å². The average Bonchev–Trinajstić information content (AvgIpc) is 3.33. The van der Waals surface area contributed by atoms with Crippen molar-refractivity contribution in [1.82, 2.24) is 5.32 Å². The van der Waals surface area contributed by atoms with Crippen LogP contribution in [0.15, 0.2) is 53.9 Å². The molecule has 3 aromatic rings. The van der Waals surface area contributed by atoms with Crippen LogP contribution in [0, 0.1) is 0 Å². The summed E-state index contributed by atoms with van der Waals surface area (Å²) in [7, 11) is 0. The second kappa shape index (κ2) is 8.44. The van der Waals surface area contributed by atoms with E-state index >= 15 is 0 Å². The van der Waals surface area contributed by atoms with Crippen LogP contribution in [0.5, 0.6) is 5.75 Å². The summed E-state index contributed by atoms with van der Waals surface area (Å²) in [5.74, 6) is 0.364. The SMILES string of the molecule is CC(C)(Oc1ccc(Cl)cc1)C(=O)NCc1ccc([C@H](O)c2cccs2)s1. The number of carbonyl (C=O) groups is 1. The maximum Gasteiger partial charge on any atom is 0.263 e. The molecule has 1 aromatic carbocycles. The fourth-order valence-corrected chi connectivity index (χ4v) is 4.33. The Morgan fingerprint density at radius 2 is 1.93 bits per heavy atom. The zero-order valence-electron chi connectivity index (χ0n) is 14.9. The molecule has 0 saturated heterocycles. The molecule has 142 valence electrons. The van der Waals surface area contributed by atoms with E-state index in [1.807, 2.05) is 29.6 Å². The summed E-state index contributed by atoms with van der Waals surface area (Å²) in [4.78, 5) is 15.3. The number of nitrogens with one attached hydrogen (secondary N) is 1. The monoisotopic (exact) mass is 421 g/mol. The first kappa shape index (κ1) is 19.9. The van der Waals surface area contributed by atoms with Crippen molar-refractivity contribution in [3.63, 3.8) is 0 Å². The van der Waals surface area contributed by atoms with Gasteiger partial charge >= 0.3 is 0 Å². The molecule has 3 rings (SSSR count). The van der Waals surface area contributed by atoms with Gasteiger partial charge in [0.25, 0.3) is 5.91 Å². The largest absolute Gasteiger partial charge is 0.478 e. The summed E-state index contributed by atoms with van der Waals surface area (Å²) in [5, 5.41) is 15.8. The van der Waals surface area contributed by atoms with Crippen LogP contribution in [0.25, 0.3) is 0 Å². The van der Waals surface area contributed by atoms with E-state index in [0.29, 0.717) is 17.3 Å². The Morgan fingerprint density at radius 3 is 2.59 bits per heavy atom. The van der Waals surface area contributed by atoms with Crippen LogP contribution in [0.3, 0.4) is 0 Å². The van der Waals surface area contributed by atoms with Gasteiger partial charge in [0.2, 0.25) is 0 Å². The number of hydrogen-bond acceptors (Lipinski definition) is 5. The minimum atomic E-state index is -1.02. The molecule has 1 atom stereocenters. The molecule has 0 saturated carbocycles. The minimum absolute atomic E-state index is 0.216. The van der Waals surface area contributed by atoms with Crippen LogP contribution in [-0.2, 0) is 11.3 Å². The van der Waals surface area contributed by atoms with Gasteiger partial charge in [-0.25, -0.2) is 0 Å². The molecule has 2 N–H and O–H groups in total. The molecule has 0 radical (unpaired) electrons. The smallest absolute Gasteiger partial charge is 0.263 e. The molecule has 0 fully saturated rings. The third-order valence-electron chi connectivity index (χ3n) is 3.92. The van der Waals surface area contributed by atoms with Crippen molar-refractivity contribution < 1.29 is 14.6 Å². The highest BCUT2D eigenvalue weighted by molar-refractivity contribution is 7.12. The number of ether oxygens (including phenoxy) is 1. The van der Waals surface area contributed by atoms with Gasteiger partial charge in [-0.1, -0.05) is 17.7 Å². The predicted octanol–water partition coefficient (Wildman–Crippen LogP) is 5.02. The lowest BCUT2D eigenvalue weighted by Crippen LogP contribution is -2.46. The summed E-state index contributed by atoms with van der Waals surface area (Å²) in [6.45, 7) is 3.82. The predicted molar refractivity (Wildman–Crippen MR) is 111 cm³/mol. The Kier molecular flexibility index (Phi) is 6.22. The number of aliphatic hydroxyl groups excluding tert-OH is 1. The number of benzene rings is 1. The zero-order chi connectivity index (χ0) is 19.4. The van der Waals surface area contributed by atoms with Gasteiger partial charge in [0.05, 0.1) is 6.54 Å². The van der Waals surface area contributed by atoms with Crippen LogP contribution in [0.2, 0.25) is 5.02 Å². The highest BCUT2D eigenvalue weighted by atomic mass is 35.5. The van der Waals surface area contributed by atoms with E-state index in [0.717, 1.165) is 14.6 Å². The Hall–Kier alpha value is -1.86. The van der Waals surface area contributed by atoms with Crippen molar-refractivity contribution in [1.29, 1.82) is 0 Å². The Balaban J connectivity index is 1.57. The standard InChI is InChI=1S/C20H20ClNO3S2/c1-20(2,25-14-7-5-13(21)6-8-14)19(24)22-12-15-9-10-17(27-15)18(23)16-4-3-11-26-16/h3-11,18,23H,12H2,1-2H3,(H,22,24)/t18-/m1/s1. The Morgan fingerprint density at radius 1 is 1.19 bits per heavy atom. The Bertz CT molecular complexity index is 888. The minimum Gasteiger partial charge on any atom is -0.478 e. The molecule has 0 unspecified atom stereocenters. The van der Waals surface area contributed by atoms with Gasteiger partial charge in [0.15, 0.2) is 5.60 Å². The van der Waals surface area contributed by atoms with Crippen molar-refractivity contribution in [2.45, 2.75) is 32.1 Å². The third-order valence-corrected chi connectivity index (χ3v) is 6.24. The van der Waals surface area contributed by atoms with Crippen molar-refractivity contribution in [3.05, 3.63) is 73.6 Å². The fourth-order valence-electron chi connectivity index (χ4n) is 2.45. The van der Waals surface area contributed by atoms with Gasteiger partial charge in [0, 0.05) is 19.7 Å². The van der Waals surface area contributed by atoms with Gasteiger partial charge in [-0.15, -0.1) is 22.7 Å². The van der Waals surface area contributed by atoms with E-state index in [4.69, 9.17) is 16.3 Å². The third kappa shape index (κ3) is 5.11. The molecule has 1 amide bonds. The van der Waals surface area contributed by atoms with E-state index in [2.05, 4.69) is 5.32 Å². The van der Waals surface area contributed by atoms with Crippen LogP contribution in [0.4, 0.5) is 0 Å². The van der Waals surface area contributed by atoms with Crippen molar-refractivity contribution >= 4 is 40.2 Å². The number of halogens is 1. The van der Waals surface area contributed by atoms with Crippen molar-refractivity contribution in [3.8, 4) is 5.75 Å². The van der Waals surface area contributed by atoms with Crippen LogP contribution in [-0.4, -0.2) is 16.6 Å². The molecule has 0 spiro atoms. The van der Waals surface area contributed by atoms with Crippen molar-refractivity contribution in [2.24, 2.45) is 0 Å². The summed E-state index contributed by atoms with van der Waals surface area (Å²) in [6.07, 6.45) is -0.621. The molecule has 7 heteroatoms. The summed E-state index contributed by atoms with van der Waals surface area (Å²) >= 11 is 8.87. The molecule has 27 heavy (non-hydrogen) atoms. The van der Waals surface area contributed by atoms with E-state index in [9.17, 15) is 9.90 Å². The zero-order valence-corrected chi connectivity index (χ0v) is 17.3. The number of thiophene rings is 2. The first-order valence-electron chi connectivity index (χ1n) is 8.38. The van der Waals surface area contributed by atoms with Crippen molar-refractivity contribution in [2.75, 3.05) is 0 Å². The second-order valence-electron chi connectivity index (χ2n) is 6.47. The van der Waals surface area contributed by atoms with Crippen LogP contribution in [0.1, 0.15) is 34.6 Å². The topological polar surface area (TPSA) is 58.6 Å². The first-order valence-corrected chi connectivity index (χ1v) is 10.5. The average molecular weight is 422 g/mol. The number of aliphatic hydroxyl groups is 1. The van der Waals surface area contributed by atoms with E-state index in [-0.39, 0.29) is 5.91 Å².